The molecule has 0 fully saturated rings. The van der Waals surface area contributed by atoms with Gasteiger partial charge in [-0.15, -0.1) is 0 Å². The van der Waals surface area contributed by atoms with Crippen LogP contribution >= 0.6 is 23.2 Å². The maximum Gasteiger partial charge on any atom is 0.277 e. The summed E-state index contributed by atoms with van der Waals surface area (Å²) in [7, 11) is 0. The summed E-state index contributed by atoms with van der Waals surface area (Å²) in [5.41, 5.74) is 4.88. The summed E-state index contributed by atoms with van der Waals surface area (Å²) in [6.07, 6.45) is 1.40. The fourth-order valence-electron chi connectivity index (χ4n) is 2.00. The number of halogens is 2. The number of nitrogens with one attached hydrogen (secondary N) is 1. The van der Waals surface area contributed by atoms with E-state index in [-0.39, 0.29) is 12.5 Å². The summed E-state index contributed by atoms with van der Waals surface area (Å²) in [6, 6.07) is 10.9. The largest absolute Gasteiger partial charge is 0.483 e. The molecule has 0 unspecified atom stereocenters. The first-order valence-corrected chi connectivity index (χ1v) is 7.69. The average Bonchev–Trinajstić information content (AvgIpc) is 2.50. The van der Waals surface area contributed by atoms with Crippen molar-refractivity contribution < 1.29 is 9.53 Å². The number of hydrogen-bond acceptors (Lipinski definition) is 3. The smallest absolute Gasteiger partial charge is 0.277 e. The Labute approximate surface area is 145 Å². The summed E-state index contributed by atoms with van der Waals surface area (Å²) in [4.78, 5) is 11.8. The molecule has 0 saturated heterocycles. The van der Waals surface area contributed by atoms with Crippen LogP contribution in [0, 0.1) is 13.8 Å². The summed E-state index contributed by atoms with van der Waals surface area (Å²) < 4.78 is 5.54. The number of benzene rings is 2. The van der Waals surface area contributed by atoms with E-state index in [4.69, 9.17) is 27.9 Å². The molecule has 2 aromatic carbocycles. The third kappa shape index (κ3) is 4.71. The summed E-state index contributed by atoms with van der Waals surface area (Å²) in [5.74, 6) is 0.341. The topological polar surface area (TPSA) is 50.7 Å². The normalized spacial score (nSPS) is 10.8. The SMILES string of the molecule is Cc1cccc(C)c1OCC(=O)NN=Cc1c(Cl)cccc1Cl. The number of hydrogen-bond donors (Lipinski definition) is 1. The number of aryl methyl sites for hydroxylation is 2. The Morgan fingerprint density at radius 3 is 2.30 bits per heavy atom. The molecule has 0 aliphatic rings. The molecule has 2 rings (SSSR count). The van der Waals surface area contributed by atoms with E-state index in [1.165, 1.54) is 6.21 Å². The highest BCUT2D eigenvalue weighted by molar-refractivity contribution is 6.38. The third-order valence-electron chi connectivity index (χ3n) is 3.14. The van der Waals surface area contributed by atoms with Crippen LogP contribution in [0.3, 0.4) is 0 Å². The van der Waals surface area contributed by atoms with Crippen LogP contribution < -0.4 is 10.2 Å². The Hall–Kier alpha value is -2.04. The number of amides is 1. The van der Waals surface area contributed by atoms with E-state index < -0.39 is 0 Å². The van der Waals surface area contributed by atoms with E-state index in [9.17, 15) is 4.79 Å². The molecule has 0 atom stereocenters. The van der Waals surface area contributed by atoms with Crippen LogP contribution in [0.2, 0.25) is 10.0 Å². The zero-order chi connectivity index (χ0) is 16.8. The molecule has 2 aromatic rings. The highest BCUT2D eigenvalue weighted by Crippen LogP contribution is 2.23. The van der Waals surface area contributed by atoms with Crippen molar-refractivity contribution in [3.63, 3.8) is 0 Å². The highest BCUT2D eigenvalue weighted by atomic mass is 35.5. The lowest BCUT2D eigenvalue weighted by atomic mass is 10.1. The predicted octanol–water partition coefficient (Wildman–Crippen LogP) is 4.14. The first kappa shape index (κ1) is 17.3. The van der Waals surface area contributed by atoms with Gasteiger partial charge in [0.25, 0.3) is 5.91 Å². The predicted molar refractivity (Wildman–Crippen MR) is 93.6 cm³/mol. The molecule has 1 N–H and O–H groups in total. The Bertz CT molecular complexity index is 705. The minimum absolute atomic E-state index is 0.126. The Balaban J connectivity index is 1.92. The zero-order valence-corrected chi connectivity index (χ0v) is 14.3. The van der Waals surface area contributed by atoms with Gasteiger partial charge < -0.3 is 4.74 Å². The van der Waals surface area contributed by atoms with E-state index in [1.807, 2.05) is 32.0 Å². The van der Waals surface area contributed by atoms with Gasteiger partial charge >= 0.3 is 0 Å². The summed E-state index contributed by atoms with van der Waals surface area (Å²) in [6.45, 7) is 3.73. The van der Waals surface area contributed by atoms with Crippen LogP contribution in [0.1, 0.15) is 16.7 Å². The first-order valence-electron chi connectivity index (χ1n) is 6.94. The standard InChI is InChI=1S/C17H16Cl2N2O2/c1-11-5-3-6-12(2)17(11)23-10-16(22)21-20-9-13-14(18)7-4-8-15(13)19/h3-9H,10H2,1-2H3,(H,21,22). The zero-order valence-electron chi connectivity index (χ0n) is 12.8. The first-order chi connectivity index (χ1) is 11.0. The Morgan fingerprint density at radius 2 is 1.70 bits per heavy atom. The van der Waals surface area contributed by atoms with Gasteiger partial charge in [-0.2, -0.15) is 5.10 Å². The van der Waals surface area contributed by atoms with Gasteiger partial charge in [0.15, 0.2) is 6.61 Å². The van der Waals surface area contributed by atoms with E-state index in [1.54, 1.807) is 18.2 Å². The van der Waals surface area contributed by atoms with Gasteiger partial charge in [-0.25, -0.2) is 5.43 Å². The molecule has 6 heteroatoms. The second kappa shape index (κ2) is 7.99. The van der Waals surface area contributed by atoms with Gasteiger partial charge in [-0.3, -0.25) is 4.79 Å². The lowest BCUT2D eigenvalue weighted by Gasteiger charge is -2.10. The van der Waals surface area contributed by atoms with Gasteiger partial charge in [0.1, 0.15) is 5.75 Å². The molecular weight excluding hydrogens is 335 g/mol. The maximum absolute atomic E-state index is 11.8. The van der Waals surface area contributed by atoms with Crippen molar-refractivity contribution in [2.45, 2.75) is 13.8 Å². The molecule has 23 heavy (non-hydrogen) atoms. The van der Waals surface area contributed by atoms with Crippen molar-refractivity contribution in [2.75, 3.05) is 6.61 Å². The summed E-state index contributed by atoms with van der Waals surface area (Å²) in [5, 5.41) is 4.77. The molecular formula is C17H16Cl2N2O2. The van der Waals surface area contributed by atoms with Crippen LogP contribution in [0.4, 0.5) is 0 Å². The van der Waals surface area contributed by atoms with Gasteiger partial charge in [0.2, 0.25) is 0 Å². The van der Waals surface area contributed by atoms with Crippen molar-refractivity contribution >= 4 is 35.3 Å². The second-order valence-electron chi connectivity index (χ2n) is 4.94. The maximum atomic E-state index is 11.8. The van der Waals surface area contributed by atoms with Crippen LogP contribution in [-0.2, 0) is 4.79 Å². The minimum atomic E-state index is -0.368. The molecule has 0 aliphatic heterocycles. The van der Waals surface area contributed by atoms with Crippen molar-refractivity contribution in [3.05, 3.63) is 63.1 Å². The Kier molecular flexibility index (Phi) is 6.02. The minimum Gasteiger partial charge on any atom is -0.483 e. The van der Waals surface area contributed by atoms with E-state index >= 15 is 0 Å². The molecule has 0 radical (unpaired) electrons. The number of nitrogens with zero attached hydrogens (tertiary/aromatic N) is 1. The Morgan fingerprint density at radius 1 is 1.13 bits per heavy atom. The number of rotatable bonds is 5. The van der Waals surface area contributed by atoms with Crippen LogP contribution in [-0.4, -0.2) is 18.7 Å². The van der Waals surface area contributed by atoms with Gasteiger partial charge in [0.05, 0.1) is 16.3 Å². The number of para-hydroxylation sites is 1. The fraction of sp³-hybridized carbons (Fsp3) is 0.176. The van der Waals surface area contributed by atoms with Crippen LogP contribution in [0.5, 0.6) is 5.75 Å². The number of carbonyl (C=O) groups is 1. The number of carbonyl (C=O) groups excluding carboxylic acids is 1. The van der Waals surface area contributed by atoms with Crippen molar-refractivity contribution in [3.8, 4) is 5.75 Å². The number of hydrazone groups is 1. The van der Waals surface area contributed by atoms with Gasteiger partial charge in [-0.05, 0) is 37.1 Å². The molecule has 1 amide bonds. The molecule has 0 heterocycles. The fourth-order valence-corrected chi connectivity index (χ4v) is 2.49. The van der Waals surface area contributed by atoms with E-state index in [0.717, 1.165) is 11.1 Å². The van der Waals surface area contributed by atoms with Gasteiger partial charge in [-0.1, -0.05) is 47.5 Å². The van der Waals surface area contributed by atoms with Crippen molar-refractivity contribution in [1.29, 1.82) is 0 Å². The quantitative estimate of drug-likeness (QED) is 0.650. The van der Waals surface area contributed by atoms with Gasteiger partial charge in [0, 0.05) is 5.56 Å². The molecule has 0 aromatic heterocycles. The second-order valence-corrected chi connectivity index (χ2v) is 5.75. The summed E-state index contributed by atoms with van der Waals surface area (Å²) >= 11 is 12.0. The molecule has 120 valence electrons. The van der Waals surface area contributed by atoms with Crippen LogP contribution in [0.25, 0.3) is 0 Å². The van der Waals surface area contributed by atoms with Crippen LogP contribution in [0.15, 0.2) is 41.5 Å². The molecule has 0 spiro atoms. The van der Waals surface area contributed by atoms with E-state index in [0.29, 0.717) is 21.4 Å². The highest BCUT2D eigenvalue weighted by Gasteiger charge is 2.07. The third-order valence-corrected chi connectivity index (χ3v) is 3.80. The lowest BCUT2D eigenvalue weighted by Crippen LogP contribution is -2.25. The monoisotopic (exact) mass is 350 g/mol. The molecule has 0 saturated carbocycles. The molecule has 0 bridgehead atoms. The van der Waals surface area contributed by atoms with Crippen molar-refractivity contribution in [1.82, 2.24) is 5.43 Å². The van der Waals surface area contributed by atoms with E-state index in [2.05, 4.69) is 10.5 Å². The molecule has 4 nitrogen and oxygen atoms in total. The molecule has 0 aliphatic carbocycles. The number of ether oxygens (including phenoxy) is 1. The van der Waals surface area contributed by atoms with Crippen molar-refractivity contribution in [2.24, 2.45) is 5.10 Å². The average molecular weight is 351 g/mol. The lowest BCUT2D eigenvalue weighted by molar-refractivity contribution is -0.123.